The van der Waals surface area contributed by atoms with Crippen LogP contribution >= 0.6 is 0 Å². The highest BCUT2D eigenvalue weighted by atomic mass is 32.2. The van der Waals surface area contributed by atoms with E-state index in [0.717, 1.165) is 170 Å². The van der Waals surface area contributed by atoms with Crippen molar-refractivity contribution in [3.8, 4) is 44.5 Å². The van der Waals surface area contributed by atoms with Crippen molar-refractivity contribution in [3.05, 3.63) is 241 Å². The number of nitrogens with one attached hydrogen (secondary N) is 7. The van der Waals surface area contributed by atoms with Gasteiger partial charge >= 0.3 is 36.4 Å². The van der Waals surface area contributed by atoms with Gasteiger partial charge in [0.25, 0.3) is 0 Å². The van der Waals surface area contributed by atoms with E-state index >= 15 is 0 Å². The van der Waals surface area contributed by atoms with E-state index in [1.807, 2.05) is 104 Å². The third-order valence-corrected chi connectivity index (χ3v) is 32.4. The molecule has 31 heteroatoms. The zero-order valence-corrected chi connectivity index (χ0v) is 80.6. The van der Waals surface area contributed by atoms with Crippen LogP contribution in [0.2, 0.25) is 0 Å². The molecule has 0 unspecified atom stereocenters. The van der Waals surface area contributed by atoms with Gasteiger partial charge in [-0.1, -0.05) is 97.1 Å². The van der Waals surface area contributed by atoms with E-state index in [-0.39, 0.29) is 161 Å². The molecule has 7 N–H and O–H groups in total. The standard InChI is InChI=1S/C28H32FN3O3.C28H31FN2O4.C27H32FN3O4S.C27H30FN3O4/c1-2-35-28(34)31-23-9-10-24-19(14-23)12-20-15-26(33)32-27(20)25(24)11-8-22-7-6-18(16-30-22)17-4-3-5-21(29)13-17;1-2-34-28(33)31-23-9-10-24-19(14-23)12-20-15-26(32)35-27(20)25(24)11-8-22-7-6-18(16-30-22)17-4-3-5-21(29)13-17;1-2-35-27(32)30-23-9-10-24-19(14-23)12-20-16-36(33,34)31-26(20)25(24)11-8-22-7-6-18(15-29-22)17-4-3-5-21(28)13-17;1-2-34-26(32)30-21-9-10-22-18(13-21)14-24-25(31-27(33)35-24)23(22)11-8-20-7-6-17(15-29-20)16-4-3-5-19(28)12-16/h3-8,11,13,16,19-20,23-25,27H,2,9-10,12,14-15H2,1H3,(H,31,34)(H,32,33);3-8,11,13,16,19-20,23-25,27H,2,9-10,12,14-15H2,1H3,(H,31,33);3-8,11,13,15,19-20,23-26,31H,2,9-10,12,14,16H2,1H3,(H,30,32);3-8,11-12,15,18,21-25H,2,9-10,13-14H2,1H3,(H,30,32)(H,31,33)/b4*11-8+/t2*19-,20-,23-,24-,25+,27+;19-,20-,23-,24-,25+,26+;18-,21+,22+,23-,24-,25+/m1110/s1. The van der Waals surface area contributed by atoms with Gasteiger partial charge < -0.3 is 60.3 Å². The molecule has 141 heavy (non-hydrogen) atoms. The van der Waals surface area contributed by atoms with Gasteiger partial charge in [0, 0.05) is 113 Å². The summed E-state index contributed by atoms with van der Waals surface area (Å²) in [5.41, 5.74) is 9.77. The number of carbonyl (C=O) groups is 7. The lowest BCUT2D eigenvalue weighted by molar-refractivity contribution is -0.145. The Labute approximate surface area is 820 Å². The lowest BCUT2D eigenvalue weighted by Crippen LogP contribution is -2.52. The van der Waals surface area contributed by atoms with Gasteiger partial charge in [-0.15, -0.1) is 0 Å². The Morgan fingerprint density at radius 1 is 0.376 bits per heavy atom. The van der Waals surface area contributed by atoms with E-state index in [1.165, 1.54) is 48.5 Å². The lowest BCUT2D eigenvalue weighted by atomic mass is 9.59. The molecule has 26 nitrogen and oxygen atoms in total. The first-order valence-electron chi connectivity index (χ1n) is 50.1. The van der Waals surface area contributed by atoms with E-state index < -0.39 is 10.0 Å². The Morgan fingerprint density at radius 2 is 0.716 bits per heavy atom. The molecule has 8 aromatic rings. The number of nitrogens with zero attached hydrogens (tertiary/aromatic N) is 4. The molecule has 0 spiro atoms. The summed E-state index contributed by atoms with van der Waals surface area (Å²) in [5, 5.41) is 18.2. The summed E-state index contributed by atoms with van der Waals surface area (Å²) in [7, 11) is -3.29. The number of esters is 1. The van der Waals surface area contributed by atoms with Crippen molar-refractivity contribution in [2.24, 2.45) is 88.8 Å². The Kier molecular flexibility index (Phi) is 32.6. The van der Waals surface area contributed by atoms with E-state index in [0.29, 0.717) is 92.5 Å². The highest BCUT2D eigenvalue weighted by Gasteiger charge is 2.56. The van der Waals surface area contributed by atoms with Gasteiger partial charge in [0.15, 0.2) is 0 Å². The molecule has 4 aromatic heterocycles. The monoisotopic (exact) mass is 1950 g/mol. The topological polar surface area (TPSA) is 345 Å². The zero-order chi connectivity index (χ0) is 98.4. The van der Waals surface area contributed by atoms with E-state index in [4.69, 9.17) is 28.4 Å². The second kappa shape index (κ2) is 46.0. The number of fused-ring (bicyclic) bond motifs is 8. The van der Waals surface area contributed by atoms with Crippen molar-refractivity contribution >= 4 is 76.7 Å². The molecule has 4 aliphatic heterocycles. The highest BCUT2D eigenvalue weighted by molar-refractivity contribution is 7.89. The first kappa shape index (κ1) is 99.9. The van der Waals surface area contributed by atoms with Crippen molar-refractivity contribution in [1.29, 1.82) is 0 Å². The fraction of sp³-hybridized carbons (Fsp3) is 0.464. The highest BCUT2D eigenvalue weighted by Crippen LogP contribution is 2.54. The second-order valence-corrected chi connectivity index (χ2v) is 41.4. The molecule has 12 aliphatic rings. The number of aromatic nitrogens is 4. The van der Waals surface area contributed by atoms with Crippen LogP contribution in [0.25, 0.3) is 68.8 Å². The molecule has 744 valence electrons. The number of sulfonamides is 1. The van der Waals surface area contributed by atoms with Crippen molar-refractivity contribution in [2.75, 3.05) is 32.2 Å². The van der Waals surface area contributed by atoms with Crippen LogP contribution < -0.4 is 36.6 Å². The molecule has 0 radical (unpaired) electrons. The molecule has 8 aliphatic carbocycles. The minimum atomic E-state index is -3.29. The average Bonchev–Trinajstić information content (AvgIpc) is 1.62. The van der Waals surface area contributed by atoms with E-state index in [2.05, 4.69) is 80.9 Å². The summed E-state index contributed by atoms with van der Waals surface area (Å²) in [6, 6.07) is 41.6. The lowest BCUT2D eigenvalue weighted by Gasteiger charge is -2.47. The summed E-state index contributed by atoms with van der Waals surface area (Å²) < 4.78 is 114. The van der Waals surface area contributed by atoms with Crippen LogP contribution in [0.1, 0.15) is 166 Å². The van der Waals surface area contributed by atoms with Crippen LogP contribution in [0.3, 0.4) is 0 Å². The fourth-order valence-electron chi connectivity index (χ4n) is 24.9. The van der Waals surface area contributed by atoms with Gasteiger partial charge in [-0.3, -0.25) is 29.5 Å². The molecule has 20 rings (SSSR count). The number of hydrogen-bond donors (Lipinski definition) is 7. The number of rotatable bonds is 20. The fourth-order valence-corrected chi connectivity index (χ4v) is 26.6. The Bertz CT molecular complexity index is 5570. The largest absolute Gasteiger partial charge is 0.461 e. The normalized spacial score (nSPS) is 30.1. The summed E-state index contributed by atoms with van der Waals surface area (Å²) in [6.07, 6.45) is 37.0. The molecule has 4 saturated heterocycles. The first-order valence-corrected chi connectivity index (χ1v) is 51.8. The SMILES string of the molecule is CCOC(=O)N[C@@H]1CC[C@@H]2[C@@H](C1)C[C@@H]1CC(=O)N[C@@H]1[C@H]2/C=C/c1ccc(-c2cccc(F)c2)cn1.CCOC(=O)N[C@@H]1CC[C@@H]2[C@@H](C1)C[C@@H]1CC(=O)O[C@@H]1[C@H]2/C=C/c1ccc(-c2cccc(F)c2)cn1.CCOC(=O)N[C@@H]1CC[C@@H]2[C@@H](C1)C[C@@H]1CS(=O)(=O)N[C@@H]1[C@H]2/C=C/c1ccc(-c2cccc(F)c2)cn1.CCOC(=O)N[C@@H]1CC[C@@H]2[C@@H](C1)C[C@@H]1OC(=O)N[C@@H]1[C@H]2/C=C/c1ccc(-c2cccc(F)c2)cn1. The maximum Gasteiger partial charge on any atom is 0.407 e. The Morgan fingerprint density at radius 3 is 1.08 bits per heavy atom. The molecule has 8 saturated carbocycles. The van der Waals surface area contributed by atoms with Gasteiger partial charge in [-0.05, 0) is 315 Å². The molecule has 0 bridgehead atoms. The van der Waals surface area contributed by atoms with Gasteiger partial charge in [0.05, 0.1) is 67.4 Å². The number of benzene rings is 4. The smallest absolute Gasteiger partial charge is 0.407 e. The van der Waals surface area contributed by atoms with Crippen molar-refractivity contribution < 1.29 is 88.0 Å². The zero-order valence-electron chi connectivity index (χ0n) is 79.7. The predicted octanol–water partition coefficient (Wildman–Crippen LogP) is 19.6. The number of amides is 6. The molecule has 24 atom stereocenters. The molecule has 6 amide bonds. The summed E-state index contributed by atoms with van der Waals surface area (Å²) >= 11 is 0. The van der Waals surface area contributed by atoms with E-state index in [1.54, 1.807) is 69.8 Å². The summed E-state index contributed by atoms with van der Waals surface area (Å²) in [5.74, 6) is 3.29. The van der Waals surface area contributed by atoms with Gasteiger partial charge in [0.2, 0.25) is 15.9 Å². The number of ether oxygens (including phenoxy) is 6. The first-order chi connectivity index (χ1) is 68.3. The third kappa shape index (κ3) is 25.3. The predicted molar refractivity (Wildman–Crippen MR) is 526 cm³/mol. The minimum Gasteiger partial charge on any atom is -0.461 e. The van der Waals surface area contributed by atoms with E-state index in [9.17, 15) is 59.5 Å². The quantitative estimate of drug-likeness (QED) is 0.0212. The Balaban J connectivity index is 0.000000130. The molecule has 8 heterocycles. The third-order valence-electron chi connectivity index (χ3n) is 30.9. The average molecular weight is 1950 g/mol. The number of halogens is 4. The van der Waals surface area contributed by atoms with Crippen LogP contribution in [-0.4, -0.2) is 157 Å². The van der Waals surface area contributed by atoms with Gasteiger partial charge in [0.1, 0.15) is 35.5 Å². The number of pyridine rings is 4. The summed E-state index contributed by atoms with van der Waals surface area (Å²) in [6.45, 7) is 8.59. The van der Waals surface area contributed by atoms with Crippen molar-refractivity contribution in [2.45, 2.75) is 198 Å². The molecular weight excluding hydrogens is 1820 g/mol. The van der Waals surface area contributed by atoms with Crippen molar-refractivity contribution in [1.82, 2.24) is 56.6 Å². The van der Waals surface area contributed by atoms with Crippen LogP contribution in [0.15, 0.2) is 195 Å². The van der Waals surface area contributed by atoms with Crippen LogP contribution in [-0.2, 0) is 48.0 Å². The minimum absolute atomic E-state index is 0.0504. The second-order valence-electron chi connectivity index (χ2n) is 39.6. The number of carbonyl (C=O) groups excluding carboxylic acids is 7. The molecular formula is C110H125F4N11O15S. The van der Waals surface area contributed by atoms with Crippen molar-refractivity contribution in [3.63, 3.8) is 0 Å². The maximum atomic E-state index is 13.6. The van der Waals surface area contributed by atoms with Crippen LogP contribution in [0.4, 0.5) is 41.5 Å². The van der Waals surface area contributed by atoms with Gasteiger partial charge in [-0.25, -0.2) is 54.7 Å². The maximum absolute atomic E-state index is 13.6. The number of hydrogen-bond acceptors (Lipinski definition) is 19. The van der Waals surface area contributed by atoms with Crippen LogP contribution in [0.5, 0.6) is 0 Å². The molecule has 12 fully saturated rings. The van der Waals surface area contributed by atoms with Crippen LogP contribution in [0, 0.1) is 112 Å². The summed E-state index contributed by atoms with van der Waals surface area (Å²) in [4.78, 5) is 102. The Hall–Kier alpha value is -12.6. The molecule has 4 aromatic carbocycles. The number of alkyl carbamates (subject to hydrolysis) is 5. The van der Waals surface area contributed by atoms with Gasteiger partial charge in [-0.2, -0.15) is 0 Å².